The van der Waals surface area contributed by atoms with Gasteiger partial charge in [0, 0.05) is 25.2 Å². The Kier molecular flexibility index (Phi) is 5.11. The molecule has 100 valence electrons. The highest BCUT2D eigenvalue weighted by Crippen LogP contribution is 2.19. The number of aliphatic hydroxyl groups excluding tert-OH is 2. The number of rotatable bonds is 5. The van der Waals surface area contributed by atoms with E-state index in [4.69, 9.17) is 0 Å². The van der Waals surface area contributed by atoms with Crippen molar-refractivity contribution in [2.45, 2.75) is 25.6 Å². The molecule has 5 nitrogen and oxygen atoms in total. The summed E-state index contributed by atoms with van der Waals surface area (Å²) in [5, 5.41) is 21.7. The van der Waals surface area contributed by atoms with Crippen LogP contribution in [0.3, 0.4) is 0 Å². The average Bonchev–Trinajstić information content (AvgIpc) is 2.31. The van der Waals surface area contributed by atoms with E-state index in [1.54, 1.807) is 0 Å². The fraction of sp³-hybridized carbons (Fsp3) is 0.455. The highest BCUT2D eigenvalue weighted by atomic mass is 19.2. The first-order valence-corrected chi connectivity index (χ1v) is 5.33. The molecule has 2 atom stereocenters. The predicted octanol–water partition coefficient (Wildman–Crippen LogP) is 0.280. The molecule has 18 heavy (non-hydrogen) atoms. The molecular formula is C11H14F2N2O3. The van der Waals surface area contributed by atoms with E-state index in [0.717, 1.165) is 12.3 Å². The molecule has 0 radical (unpaired) electrons. The summed E-state index contributed by atoms with van der Waals surface area (Å²) in [6, 6.07) is 0.772. The van der Waals surface area contributed by atoms with E-state index in [1.165, 1.54) is 6.92 Å². The van der Waals surface area contributed by atoms with Gasteiger partial charge in [0.05, 0.1) is 6.10 Å². The first kappa shape index (κ1) is 14.5. The van der Waals surface area contributed by atoms with Crippen LogP contribution < -0.4 is 5.32 Å². The van der Waals surface area contributed by atoms with E-state index in [1.807, 2.05) is 0 Å². The number of carbonyl (C=O) groups excluding carboxylic acids is 1. The van der Waals surface area contributed by atoms with Crippen LogP contribution in [0.4, 0.5) is 8.78 Å². The van der Waals surface area contributed by atoms with Crippen molar-refractivity contribution in [2.75, 3.05) is 6.54 Å². The molecule has 0 saturated heterocycles. The summed E-state index contributed by atoms with van der Waals surface area (Å²) in [7, 11) is 0. The third-order valence-electron chi connectivity index (χ3n) is 2.34. The summed E-state index contributed by atoms with van der Waals surface area (Å²) in [6.45, 7) is 1.49. The molecule has 0 bridgehead atoms. The molecule has 0 saturated carbocycles. The second-order valence-electron chi connectivity index (χ2n) is 3.83. The molecule has 0 aromatic carbocycles. The van der Waals surface area contributed by atoms with Gasteiger partial charge in [0.1, 0.15) is 6.10 Å². The van der Waals surface area contributed by atoms with E-state index in [2.05, 4.69) is 10.3 Å². The lowest BCUT2D eigenvalue weighted by molar-refractivity contribution is -0.119. The van der Waals surface area contributed by atoms with Gasteiger partial charge in [0.15, 0.2) is 5.82 Å². The van der Waals surface area contributed by atoms with Gasteiger partial charge < -0.3 is 15.5 Å². The Balaban J connectivity index is 2.59. The van der Waals surface area contributed by atoms with Crippen LogP contribution >= 0.6 is 0 Å². The van der Waals surface area contributed by atoms with Crippen LogP contribution in [0.25, 0.3) is 0 Å². The monoisotopic (exact) mass is 260 g/mol. The van der Waals surface area contributed by atoms with Crippen LogP contribution in [0, 0.1) is 11.8 Å². The van der Waals surface area contributed by atoms with Gasteiger partial charge in [-0.15, -0.1) is 0 Å². The number of pyridine rings is 1. The minimum Gasteiger partial charge on any atom is -0.390 e. The van der Waals surface area contributed by atoms with Gasteiger partial charge in [-0.1, -0.05) is 0 Å². The number of aliphatic hydroxyl groups is 2. The fourth-order valence-electron chi connectivity index (χ4n) is 1.37. The van der Waals surface area contributed by atoms with E-state index in [9.17, 15) is 23.8 Å². The number of nitrogens with one attached hydrogen (secondary N) is 1. The Morgan fingerprint density at radius 3 is 2.72 bits per heavy atom. The van der Waals surface area contributed by atoms with E-state index < -0.39 is 24.0 Å². The summed E-state index contributed by atoms with van der Waals surface area (Å²) in [6.07, 6.45) is -1.56. The van der Waals surface area contributed by atoms with Crippen LogP contribution in [-0.2, 0) is 4.79 Å². The lowest BCUT2D eigenvalue weighted by atomic mass is 10.0. The van der Waals surface area contributed by atoms with Crippen LogP contribution in [0.2, 0.25) is 0 Å². The maximum absolute atomic E-state index is 12.9. The van der Waals surface area contributed by atoms with Crippen molar-refractivity contribution in [3.63, 3.8) is 0 Å². The van der Waals surface area contributed by atoms with Gasteiger partial charge in [0.2, 0.25) is 11.9 Å². The third kappa shape index (κ3) is 4.01. The Hall–Kier alpha value is -1.60. The summed E-state index contributed by atoms with van der Waals surface area (Å²) in [5.41, 5.74) is -0.0239. The number of amides is 1. The number of carbonyl (C=O) groups is 1. The molecule has 0 fully saturated rings. The average molecular weight is 260 g/mol. The van der Waals surface area contributed by atoms with Crippen molar-refractivity contribution in [1.29, 1.82) is 0 Å². The lowest BCUT2D eigenvalue weighted by Gasteiger charge is -2.17. The molecule has 1 rings (SSSR count). The molecule has 3 N–H and O–H groups in total. The van der Waals surface area contributed by atoms with Gasteiger partial charge in [-0.25, -0.2) is 9.37 Å². The van der Waals surface area contributed by atoms with E-state index in [0.29, 0.717) is 0 Å². The minimum absolute atomic E-state index is 0.0239. The standard InChI is InChI=1S/C11H14F2N2O3/c1-6(16)14-3-2-9(17)10(18)7-4-8(12)11(13)15-5-7/h4-5,9-10,17-18H,2-3H2,1H3,(H,14,16). The molecule has 0 aliphatic heterocycles. The smallest absolute Gasteiger partial charge is 0.248 e. The zero-order valence-corrected chi connectivity index (χ0v) is 9.73. The zero-order valence-electron chi connectivity index (χ0n) is 9.73. The molecule has 0 aliphatic rings. The van der Waals surface area contributed by atoms with E-state index in [-0.39, 0.29) is 24.4 Å². The number of hydrogen-bond donors (Lipinski definition) is 3. The largest absolute Gasteiger partial charge is 0.390 e. The van der Waals surface area contributed by atoms with Gasteiger partial charge >= 0.3 is 0 Å². The Bertz CT molecular complexity index is 429. The Labute approximate surface area is 102 Å². The third-order valence-corrected chi connectivity index (χ3v) is 2.34. The van der Waals surface area contributed by atoms with Crippen LogP contribution in [-0.4, -0.2) is 33.8 Å². The lowest BCUT2D eigenvalue weighted by Crippen LogP contribution is -2.27. The SMILES string of the molecule is CC(=O)NCCC(O)C(O)c1cnc(F)c(F)c1. The molecule has 1 aromatic rings. The number of halogens is 2. The molecule has 0 spiro atoms. The van der Waals surface area contributed by atoms with Gasteiger partial charge in [-0.2, -0.15) is 4.39 Å². The van der Waals surface area contributed by atoms with E-state index >= 15 is 0 Å². The van der Waals surface area contributed by atoms with Gasteiger partial charge in [-0.3, -0.25) is 4.79 Å². The molecular weight excluding hydrogens is 246 g/mol. The summed E-state index contributed by atoms with van der Waals surface area (Å²) in [4.78, 5) is 13.7. The number of nitrogens with zero attached hydrogens (tertiary/aromatic N) is 1. The van der Waals surface area contributed by atoms with Gasteiger partial charge in [0.25, 0.3) is 0 Å². The molecule has 1 aromatic heterocycles. The molecule has 1 heterocycles. The summed E-state index contributed by atoms with van der Waals surface area (Å²) < 4.78 is 25.5. The predicted molar refractivity (Wildman–Crippen MR) is 58.4 cm³/mol. The van der Waals surface area contributed by atoms with Crippen LogP contribution in [0.15, 0.2) is 12.3 Å². The topological polar surface area (TPSA) is 82.5 Å². The summed E-state index contributed by atoms with van der Waals surface area (Å²) in [5.74, 6) is -2.72. The number of hydrogen-bond acceptors (Lipinski definition) is 4. The van der Waals surface area contributed by atoms with Gasteiger partial charge in [-0.05, 0) is 12.5 Å². The minimum atomic E-state index is -1.39. The van der Waals surface area contributed by atoms with Crippen LogP contribution in [0.1, 0.15) is 25.0 Å². The first-order valence-electron chi connectivity index (χ1n) is 5.33. The van der Waals surface area contributed by atoms with Crippen molar-refractivity contribution in [2.24, 2.45) is 0 Å². The molecule has 0 aliphatic carbocycles. The van der Waals surface area contributed by atoms with Crippen LogP contribution in [0.5, 0.6) is 0 Å². The van der Waals surface area contributed by atoms with Crippen molar-refractivity contribution in [3.8, 4) is 0 Å². The fourth-order valence-corrected chi connectivity index (χ4v) is 1.37. The zero-order chi connectivity index (χ0) is 13.7. The normalized spacial score (nSPS) is 14.1. The summed E-state index contributed by atoms with van der Waals surface area (Å²) >= 11 is 0. The highest BCUT2D eigenvalue weighted by Gasteiger charge is 2.20. The van der Waals surface area contributed by atoms with Crippen molar-refractivity contribution in [3.05, 3.63) is 29.6 Å². The Morgan fingerprint density at radius 2 is 2.17 bits per heavy atom. The van der Waals surface area contributed by atoms with Crippen molar-refractivity contribution < 1.29 is 23.8 Å². The van der Waals surface area contributed by atoms with Crippen molar-refractivity contribution >= 4 is 5.91 Å². The van der Waals surface area contributed by atoms with Crippen molar-refractivity contribution in [1.82, 2.24) is 10.3 Å². The quantitative estimate of drug-likeness (QED) is 0.664. The molecule has 2 unspecified atom stereocenters. The second kappa shape index (κ2) is 6.36. The maximum Gasteiger partial charge on any atom is 0.248 e. The number of aromatic nitrogens is 1. The Morgan fingerprint density at radius 1 is 1.50 bits per heavy atom. The molecule has 7 heteroatoms. The second-order valence-corrected chi connectivity index (χ2v) is 3.83. The maximum atomic E-state index is 12.9. The highest BCUT2D eigenvalue weighted by molar-refractivity contribution is 5.72. The first-order chi connectivity index (χ1) is 8.41. The molecule has 1 amide bonds.